The molecule has 1 aromatic heterocycles. The molecule has 43 heavy (non-hydrogen) atoms. The van der Waals surface area contributed by atoms with Crippen LogP contribution >= 0.6 is 0 Å². The van der Waals surface area contributed by atoms with E-state index in [0.29, 0.717) is 5.70 Å². The molecule has 1 atom stereocenters. The number of nitrogens with zero attached hydrogens (tertiary/aromatic N) is 4. The van der Waals surface area contributed by atoms with E-state index in [9.17, 15) is 0 Å². The van der Waals surface area contributed by atoms with Crippen molar-refractivity contribution in [3.05, 3.63) is 84.3 Å². The summed E-state index contributed by atoms with van der Waals surface area (Å²) in [5, 5.41) is 4.22. The summed E-state index contributed by atoms with van der Waals surface area (Å²) in [7, 11) is 3.70. The molecule has 1 unspecified atom stereocenters. The third-order valence-corrected chi connectivity index (χ3v) is 8.45. The van der Waals surface area contributed by atoms with Gasteiger partial charge in [-0.25, -0.2) is 4.98 Å². The van der Waals surface area contributed by atoms with Gasteiger partial charge in [0.1, 0.15) is 5.70 Å². The van der Waals surface area contributed by atoms with Crippen molar-refractivity contribution in [1.82, 2.24) is 20.1 Å². The van der Waals surface area contributed by atoms with E-state index in [1.54, 1.807) is 7.05 Å². The summed E-state index contributed by atoms with van der Waals surface area (Å²) in [6.45, 7) is 11.1. The van der Waals surface area contributed by atoms with E-state index < -0.39 is 0 Å². The molecule has 0 saturated carbocycles. The van der Waals surface area contributed by atoms with E-state index in [0.717, 1.165) is 51.1 Å². The normalized spacial score (nSPS) is 18.1. The second-order valence-corrected chi connectivity index (χ2v) is 12.4. The van der Waals surface area contributed by atoms with Crippen LogP contribution in [0.3, 0.4) is 0 Å². The number of rotatable bonds is 10. The molecule has 0 radical (unpaired) electrons. The molecular weight excluding hydrogens is 528 g/mol. The topological polar surface area (TPSA) is 69.8 Å². The molecule has 5 rings (SSSR count). The molecular formula is C37H52N6. The van der Waals surface area contributed by atoms with Gasteiger partial charge in [-0.1, -0.05) is 88.6 Å². The van der Waals surface area contributed by atoms with Crippen molar-refractivity contribution in [3.63, 3.8) is 0 Å². The maximum Gasteiger partial charge on any atom is 0.151 e. The van der Waals surface area contributed by atoms with Crippen LogP contribution in [0.4, 0.5) is 0 Å². The fraction of sp³-hybridized carbons (Fsp3) is 0.459. The van der Waals surface area contributed by atoms with Gasteiger partial charge in [-0.15, -0.1) is 0 Å². The van der Waals surface area contributed by atoms with E-state index in [-0.39, 0.29) is 0 Å². The molecule has 6 heteroatoms. The minimum Gasteiger partial charge on any atom is -0.396 e. The van der Waals surface area contributed by atoms with Crippen molar-refractivity contribution in [2.75, 3.05) is 33.7 Å². The Kier molecular flexibility index (Phi) is 12.2. The molecule has 3 N–H and O–H groups in total. The predicted molar refractivity (Wildman–Crippen MR) is 184 cm³/mol. The van der Waals surface area contributed by atoms with Gasteiger partial charge in [-0.2, -0.15) is 0 Å². The predicted octanol–water partition coefficient (Wildman–Crippen LogP) is 7.89. The lowest BCUT2D eigenvalue weighted by molar-refractivity contribution is 0.252. The summed E-state index contributed by atoms with van der Waals surface area (Å²) < 4.78 is 0. The summed E-state index contributed by atoms with van der Waals surface area (Å²) in [6, 6.07) is 20.4. The average Bonchev–Trinajstić information content (AvgIpc) is 3.54. The van der Waals surface area contributed by atoms with Gasteiger partial charge in [0.25, 0.3) is 0 Å². The van der Waals surface area contributed by atoms with Crippen LogP contribution in [-0.2, 0) is 0 Å². The fourth-order valence-electron chi connectivity index (χ4n) is 6.10. The molecule has 6 nitrogen and oxygen atoms in total. The monoisotopic (exact) mass is 580 g/mol. The van der Waals surface area contributed by atoms with Crippen molar-refractivity contribution in [1.29, 1.82) is 0 Å². The number of nitrogens with two attached hydrogens (primary N) is 1. The summed E-state index contributed by atoms with van der Waals surface area (Å²) >= 11 is 0. The van der Waals surface area contributed by atoms with Crippen LogP contribution in [0.15, 0.2) is 83.8 Å². The first-order valence-corrected chi connectivity index (χ1v) is 16.2. The molecule has 3 aromatic rings. The standard InChI is InChI=1S/C22H21N5.C15H31N/c1-24-22-21(27(2)13-12-25-22)20(23)17-9-8-16-10-11-18(26-19(16)14-17)15-6-4-3-5-7-15;1-4-8-15(10-7-9-14(2)3)13-16-11-5-6-12-16/h3-14H,23H2,1-2H3,(H,24,25);14-15H,4-13H2,1-3H3/b21-20-;. The molecule has 2 aliphatic rings. The zero-order chi connectivity index (χ0) is 30.6. The van der Waals surface area contributed by atoms with Gasteiger partial charge >= 0.3 is 0 Å². The highest BCUT2D eigenvalue weighted by Gasteiger charge is 2.19. The maximum atomic E-state index is 6.52. The highest BCUT2D eigenvalue weighted by atomic mass is 15.2. The van der Waals surface area contributed by atoms with E-state index >= 15 is 0 Å². The molecule has 1 saturated heterocycles. The van der Waals surface area contributed by atoms with E-state index in [4.69, 9.17) is 10.7 Å². The second kappa shape index (κ2) is 16.3. The number of benzene rings is 2. The SMILES string of the molecule is CCCC(CCCC(C)C)CN1CCCC1.CN=C1NC=CN(C)/C1=C(\N)c1ccc2ccc(-c3ccccc3)nc2c1. The van der Waals surface area contributed by atoms with Crippen LogP contribution in [0.5, 0.6) is 0 Å². The Bertz CT molecular complexity index is 1380. The molecule has 230 valence electrons. The van der Waals surface area contributed by atoms with Crippen LogP contribution < -0.4 is 11.1 Å². The van der Waals surface area contributed by atoms with Crippen LogP contribution in [-0.4, -0.2) is 54.3 Å². The molecule has 0 aliphatic carbocycles. The Morgan fingerprint density at radius 1 is 1.00 bits per heavy atom. The van der Waals surface area contributed by atoms with E-state index in [2.05, 4.69) is 60.2 Å². The third kappa shape index (κ3) is 9.17. The first kappa shape index (κ1) is 32.3. The summed E-state index contributed by atoms with van der Waals surface area (Å²) in [5.74, 6) is 2.60. The minimum atomic E-state index is 0.656. The molecule has 0 amide bonds. The third-order valence-electron chi connectivity index (χ3n) is 8.45. The van der Waals surface area contributed by atoms with Crippen molar-refractivity contribution >= 4 is 22.4 Å². The second-order valence-electron chi connectivity index (χ2n) is 12.4. The average molecular weight is 581 g/mol. The number of amidine groups is 1. The van der Waals surface area contributed by atoms with Gasteiger partial charge in [0.05, 0.1) is 16.9 Å². The number of hydrogen-bond acceptors (Lipinski definition) is 5. The van der Waals surface area contributed by atoms with Crippen LogP contribution in [0.1, 0.15) is 71.3 Å². The van der Waals surface area contributed by atoms with Gasteiger partial charge in [0.15, 0.2) is 5.84 Å². The molecule has 3 heterocycles. The quantitative estimate of drug-likeness (QED) is 0.255. The van der Waals surface area contributed by atoms with Gasteiger partial charge in [-0.05, 0) is 62.7 Å². The van der Waals surface area contributed by atoms with Gasteiger partial charge in [0, 0.05) is 49.6 Å². The summed E-state index contributed by atoms with van der Waals surface area (Å²) in [4.78, 5) is 13.8. The van der Waals surface area contributed by atoms with Crippen molar-refractivity contribution in [2.24, 2.45) is 22.6 Å². The van der Waals surface area contributed by atoms with Crippen molar-refractivity contribution in [3.8, 4) is 11.3 Å². The number of pyridine rings is 1. The van der Waals surface area contributed by atoms with Gasteiger partial charge in [0.2, 0.25) is 0 Å². The van der Waals surface area contributed by atoms with E-state index in [1.807, 2.05) is 60.7 Å². The number of aromatic nitrogens is 1. The first-order chi connectivity index (χ1) is 20.9. The fourth-order valence-corrected chi connectivity index (χ4v) is 6.10. The lowest BCUT2D eigenvalue weighted by Crippen LogP contribution is -2.34. The minimum absolute atomic E-state index is 0.656. The molecule has 1 fully saturated rings. The lowest BCUT2D eigenvalue weighted by atomic mass is 9.94. The number of fused-ring (bicyclic) bond motifs is 1. The molecule has 2 aliphatic heterocycles. The lowest BCUT2D eigenvalue weighted by Gasteiger charge is -2.26. The molecule has 0 spiro atoms. The number of aliphatic imine (C=N–C) groups is 1. The number of hydrogen-bond donors (Lipinski definition) is 2. The molecule has 2 aromatic carbocycles. The number of nitrogens with one attached hydrogen (secondary N) is 1. The van der Waals surface area contributed by atoms with Gasteiger partial charge in [-0.3, -0.25) is 4.99 Å². The first-order valence-electron chi connectivity index (χ1n) is 16.2. The van der Waals surface area contributed by atoms with Crippen molar-refractivity contribution < 1.29 is 0 Å². The Morgan fingerprint density at radius 3 is 2.44 bits per heavy atom. The molecule has 0 bridgehead atoms. The van der Waals surface area contributed by atoms with E-state index in [1.165, 1.54) is 64.6 Å². The summed E-state index contributed by atoms with van der Waals surface area (Å²) in [6.07, 6.45) is 13.8. The Balaban J connectivity index is 0.000000227. The Hall–Kier alpha value is -3.64. The largest absolute Gasteiger partial charge is 0.396 e. The highest BCUT2D eigenvalue weighted by molar-refractivity contribution is 6.05. The highest BCUT2D eigenvalue weighted by Crippen LogP contribution is 2.25. The Morgan fingerprint density at radius 2 is 1.74 bits per heavy atom. The van der Waals surface area contributed by atoms with Crippen molar-refractivity contribution in [2.45, 2.75) is 65.7 Å². The zero-order valence-electron chi connectivity index (χ0n) is 27.0. The zero-order valence-corrected chi connectivity index (χ0v) is 27.0. The van der Waals surface area contributed by atoms with Crippen LogP contribution in [0.25, 0.3) is 27.9 Å². The number of likely N-dealkylation sites (N-methyl/N-ethyl adjacent to an activating group) is 1. The van der Waals surface area contributed by atoms with Gasteiger partial charge < -0.3 is 20.9 Å². The smallest absolute Gasteiger partial charge is 0.151 e. The van der Waals surface area contributed by atoms with Crippen LogP contribution in [0.2, 0.25) is 0 Å². The van der Waals surface area contributed by atoms with Crippen LogP contribution in [0, 0.1) is 11.8 Å². The maximum absolute atomic E-state index is 6.52. The summed E-state index contributed by atoms with van der Waals surface area (Å²) in [5.41, 5.74) is 11.9. The Labute approximate surface area is 259 Å². The number of likely N-dealkylation sites (tertiary alicyclic amines) is 1.